The maximum absolute atomic E-state index is 11.8. The molecule has 2 heterocycles. The summed E-state index contributed by atoms with van der Waals surface area (Å²) in [5.41, 5.74) is 3.35. The number of hydrogen-bond acceptors (Lipinski definition) is 6. The number of carbonyl (C=O) groups is 1. The number of rotatable bonds is 3. The first kappa shape index (κ1) is 12.6. The second-order valence-corrected chi connectivity index (χ2v) is 4.48. The first-order valence-electron chi connectivity index (χ1n) is 5.86. The molecule has 0 bridgehead atoms. The van der Waals surface area contributed by atoms with E-state index in [1.54, 1.807) is 18.9 Å². The molecule has 98 valence electrons. The van der Waals surface area contributed by atoms with Gasteiger partial charge in [0.05, 0.1) is 0 Å². The number of carbonyl (C=O) groups excluding carboxylic acids is 1. The summed E-state index contributed by atoms with van der Waals surface area (Å²) in [5, 5.41) is 3.17. The SMILES string of the molecule is Cc1nc(NN)c(C)c(NC2CCN(C)C2=O)n1. The average Bonchev–Trinajstić information content (AvgIpc) is 2.65. The van der Waals surface area contributed by atoms with Crippen LogP contribution in [0.3, 0.4) is 0 Å². The first-order valence-corrected chi connectivity index (χ1v) is 5.86. The molecule has 0 aromatic carbocycles. The fourth-order valence-corrected chi connectivity index (χ4v) is 2.03. The third kappa shape index (κ3) is 2.21. The molecular formula is C11H18N6O. The van der Waals surface area contributed by atoms with Crippen molar-refractivity contribution in [2.24, 2.45) is 5.84 Å². The Morgan fingerprint density at radius 3 is 2.56 bits per heavy atom. The summed E-state index contributed by atoms with van der Waals surface area (Å²) in [5.74, 6) is 7.33. The quantitative estimate of drug-likeness (QED) is 0.517. The number of anilines is 2. The number of aryl methyl sites for hydroxylation is 1. The highest BCUT2D eigenvalue weighted by molar-refractivity contribution is 5.86. The molecule has 0 radical (unpaired) electrons. The molecule has 0 saturated carbocycles. The van der Waals surface area contributed by atoms with Crippen LogP contribution in [0.5, 0.6) is 0 Å². The fraction of sp³-hybridized carbons (Fsp3) is 0.545. The largest absolute Gasteiger partial charge is 0.358 e. The van der Waals surface area contributed by atoms with E-state index in [9.17, 15) is 4.79 Å². The maximum atomic E-state index is 11.8. The van der Waals surface area contributed by atoms with Crippen LogP contribution in [0.1, 0.15) is 17.8 Å². The van der Waals surface area contributed by atoms with Gasteiger partial charge in [-0.25, -0.2) is 15.8 Å². The van der Waals surface area contributed by atoms with Crippen molar-refractivity contribution >= 4 is 17.5 Å². The van der Waals surface area contributed by atoms with E-state index in [4.69, 9.17) is 5.84 Å². The zero-order valence-corrected chi connectivity index (χ0v) is 10.8. The molecule has 1 aromatic heterocycles. The van der Waals surface area contributed by atoms with Gasteiger partial charge in [-0.2, -0.15) is 0 Å². The van der Waals surface area contributed by atoms with Gasteiger partial charge >= 0.3 is 0 Å². The summed E-state index contributed by atoms with van der Waals surface area (Å²) in [6.45, 7) is 4.41. The Kier molecular flexibility index (Phi) is 3.33. The summed E-state index contributed by atoms with van der Waals surface area (Å²) in [6.07, 6.45) is 0.781. The van der Waals surface area contributed by atoms with Crippen LogP contribution in [0.2, 0.25) is 0 Å². The van der Waals surface area contributed by atoms with Gasteiger partial charge in [0.25, 0.3) is 0 Å². The number of aromatic nitrogens is 2. The maximum Gasteiger partial charge on any atom is 0.244 e. The molecule has 0 aliphatic carbocycles. The van der Waals surface area contributed by atoms with Gasteiger partial charge in [0.15, 0.2) is 0 Å². The van der Waals surface area contributed by atoms with E-state index in [0.29, 0.717) is 17.5 Å². The third-order valence-corrected chi connectivity index (χ3v) is 3.13. The molecule has 1 amide bonds. The van der Waals surface area contributed by atoms with Crippen molar-refractivity contribution in [3.63, 3.8) is 0 Å². The van der Waals surface area contributed by atoms with Crippen molar-refractivity contribution in [1.82, 2.24) is 14.9 Å². The van der Waals surface area contributed by atoms with Gasteiger partial charge in [0.1, 0.15) is 23.5 Å². The highest BCUT2D eigenvalue weighted by Gasteiger charge is 2.29. The van der Waals surface area contributed by atoms with Gasteiger partial charge in [-0.15, -0.1) is 0 Å². The second kappa shape index (κ2) is 4.77. The standard InChI is InChI=1S/C11H18N6O/c1-6-9(13-7(2)14-10(6)16-12)15-8-4-5-17(3)11(8)18/h8H,4-5,12H2,1-3H3,(H2,13,14,15,16). The smallest absolute Gasteiger partial charge is 0.244 e. The topological polar surface area (TPSA) is 96.2 Å². The third-order valence-electron chi connectivity index (χ3n) is 3.13. The van der Waals surface area contributed by atoms with E-state index in [2.05, 4.69) is 20.7 Å². The molecule has 1 aliphatic rings. The summed E-state index contributed by atoms with van der Waals surface area (Å²) in [6, 6.07) is -0.214. The van der Waals surface area contributed by atoms with Crippen molar-refractivity contribution in [3.8, 4) is 0 Å². The van der Waals surface area contributed by atoms with Crippen molar-refractivity contribution in [1.29, 1.82) is 0 Å². The Labute approximate surface area is 106 Å². The van der Waals surface area contributed by atoms with Crippen LogP contribution in [0.25, 0.3) is 0 Å². The van der Waals surface area contributed by atoms with Gasteiger partial charge < -0.3 is 15.6 Å². The van der Waals surface area contributed by atoms with E-state index in [-0.39, 0.29) is 11.9 Å². The molecule has 1 fully saturated rings. The zero-order valence-electron chi connectivity index (χ0n) is 10.8. The summed E-state index contributed by atoms with van der Waals surface area (Å²) >= 11 is 0. The van der Waals surface area contributed by atoms with Gasteiger partial charge in [-0.3, -0.25) is 4.79 Å². The lowest BCUT2D eigenvalue weighted by atomic mass is 10.2. The van der Waals surface area contributed by atoms with Crippen LogP contribution >= 0.6 is 0 Å². The molecule has 1 aromatic rings. The number of nitrogens with zero attached hydrogens (tertiary/aromatic N) is 3. The lowest BCUT2D eigenvalue weighted by Gasteiger charge is -2.16. The van der Waals surface area contributed by atoms with Crippen molar-refractivity contribution < 1.29 is 4.79 Å². The number of likely N-dealkylation sites (N-methyl/N-ethyl adjacent to an activating group) is 1. The van der Waals surface area contributed by atoms with E-state index in [1.165, 1.54) is 0 Å². The summed E-state index contributed by atoms with van der Waals surface area (Å²) in [7, 11) is 1.80. The Morgan fingerprint density at radius 2 is 2.00 bits per heavy atom. The average molecular weight is 250 g/mol. The summed E-state index contributed by atoms with van der Waals surface area (Å²) < 4.78 is 0. The van der Waals surface area contributed by atoms with E-state index in [1.807, 2.05) is 6.92 Å². The number of nitrogens with two attached hydrogens (primary N) is 1. The van der Waals surface area contributed by atoms with Crippen molar-refractivity contribution in [2.45, 2.75) is 26.3 Å². The lowest BCUT2D eigenvalue weighted by molar-refractivity contribution is -0.127. The van der Waals surface area contributed by atoms with Crippen LogP contribution in [-0.4, -0.2) is 40.4 Å². The minimum atomic E-state index is -0.214. The number of likely N-dealkylation sites (tertiary alicyclic amines) is 1. The molecular weight excluding hydrogens is 232 g/mol. The van der Waals surface area contributed by atoms with Crippen LogP contribution in [0.15, 0.2) is 0 Å². The Bertz CT molecular complexity index is 475. The van der Waals surface area contributed by atoms with Crippen molar-refractivity contribution in [2.75, 3.05) is 24.3 Å². The van der Waals surface area contributed by atoms with E-state index < -0.39 is 0 Å². The molecule has 4 N–H and O–H groups in total. The molecule has 1 unspecified atom stereocenters. The van der Waals surface area contributed by atoms with E-state index >= 15 is 0 Å². The molecule has 1 aliphatic heterocycles. The molecule has 2 rings (SSSR count). The predicted octanol–water partition coefficient (Wildman–Crippen LogP) is 0.0216. The Hall–Kier alpha value is -1.89. The van der Waals surface area contributed by atoms with Crippen LogP contribution in [0.4, 0.5) is 11.6 Å². The minimum Gasteiger partial charge on any atom is -0.358 e. The molecule has 18 heavy (non-hydrogen) atoms. The zero-order chi connectivity index (χ0) is 13.3. The highest BCUT2D eigenvalue weighted by Crippen LogP contribution is 2.22. The second-order valence-electron chi connectivity index (χ2n) is 4.48. The fourth-order valence-electron chi connectivity index (χ4n) is 2.03. The normalized spacial score (nSPS) is 19.2. The van der Waals surface area contributed by atoms with Gasteiger partial charge in [-0.05, 0) is 20.3 Å². The Morgan fingerprint density at radius 1 is 1.33 bits per heavy atom. The highest BCUT2D eigenvalue weighted by atomic mass is 16.2. The monoisotopic (exact) mass is 250 g/mol. The van der Waals surface area contributed by atoms with Gasteiger partial charge in [0, 0.05) is 19.2 Å². The van der Waals surface area contributed by atoms with Gasteiger partial charge in [-0.1, -0.05) is 0 Å². The van der Waals surface area contributed by atoms with E-state index in [0.717, 1.165) is 18.5 Å². The molecule has 1 saturated heterocycles. The molecule has 7 nitrogen and oxygen atoms in total. The molecule has 1 atom stereocenters. The first-order chi connectivity index (χ1) is 8.52. The molecule has 7 heteroatoms. The van der Waals surface area contributed by atoms with Crippen LogP contribution in [-0.2, 0) is 4.79 Å². The number of hydrazine groups is 1. The number of nitrogen functional groups attached to an aromatic ring is 1. The van der Waals surface area contributed by atoms with Gasteiger partial charge in [0.2, 0.25) is 5.91 Å². The van der Waals surface area contributed by atoms with Crippen LogP contribution < -0.4 is 16.6 Å². The lowest BCUT2D eigenvalue weighted by Crippen LogP contribution is -2.31. The minimum absolute atomic E-state index is 0.0907. The Balaban J connectivity index is 2.24. The predicted molar refractivity (Wildman–Crippen MR) is 69.0 cm³/mol. The summed E-state index contributed by atoms with van der Waals surface area (Å²) in [4.78, 5) is 22.0. The molecule has 0 spiro atoms. The van der Waals surface area contributed by atoms with Crippen molar-refractivity contribution in [3.05, 3.63) is 11.4 Å². The number of amides is 1. The number of nitrogens with one attached hydrogen (secondary N) is 2. The van der Waals surface area contributed by atoms with Crippen LogP contribution in [0, 0.1) is 13.8 Å². The number of hydrogen-bond donors (Lipinski definition) is 3.